The average Bonchev–Trinajstić information content (AvgIpc) is 2.52. The first-order valence-corrected chi connectivity index (χ1v) is 7.76. The van der Waals surface area contributed by atoms with Crippen molar-refractivity contribution in [2.24, 2.45) is 0 Å². The Bertz CT molecular complexity index is 549. The average molecular weight is 282 g/mol. The molecule has 2 rings (SSSR count). The van der Waals surface area contributed by atoms with Crippen molar-refractivity contribution in [2.75, 3.05) is 0 Å². The highest BCUT2D eigenvalue weighted by molar-refractivity contribution is 6.58. The van der Waals surface area contributed by atoms with E-state index < -0.39 is 7.12 Å². The van der Waals surface area contributed by atoms with Crippen LogP contribution in [0.15, 0.2) is 48.5 Å². The van der Waals surface area contributed by atoms with E-state index in [0.717, 1.165) is 17.5 Å². The van der Waals surface area contributed by atoms with Crippen LogP contribution in [0.1, 0.15) is 38.2 Å². The Morgan fingerprint density at radius 3 is 2.29 bits per heavy atom. The number of hydrogen-bond donors (Lipinski definition) is 2. The summed E-state index contributed by atoms with van der Waals surface area (Å²) in [5.41, 5.74) is 4.01. The lowest BCUT2D eigenvalue weighted by Gasteiger charge is -2.07. The molecule has 0 aliphatic rings. The first kappa shape index (κ1) is 15.8. The van der Waals surface area contributed by atoms with Crippen molar-refractivity contribution in [1.29, 1.82) is 0 Å². The van der Waals surface area contributed by atoms with Crippen molar-refractivity contribution >= 4 is 12.6 Å². The molecular weight excluding hydrogens is 259 g/mol. The van der Waals surface area contributed by atoms with Gasteiger partial charge in [-0.15, -0.1) is 0 Å². The number of hydrogen-bond acceptors (Lipinski definition) is 2. The third-order valence-electron chi connectivity index (χ3n) is 3.79. The first-order valence-electron chi connectivity index (χ1n) is 7.76. The van der Waals surface area contributed by atoms with Crippen LogP contribution in [0.5, 0.6) is 0 Å². The molecule has 0 spiro atoms. The lowest BCUT2D eigenvalue weighted by Crippen LogP contribution is -2.29. The van der Waals surface area contributed by atoms with Crippen LogP contribution in [-0.4, -0.2) is 17.2 Å². The highest BCUT2D eigenvalue weighted by atomic mass is 16.4. The molecule has 0 atom stereocenters. The second-order valence-corrected chi connectivity index (χ2v) is 5.51. The van der Waals surface area contributed by atoms with Gasteiger partial charge in [-0.3, -0.25) is 0 Å². The second kappa shape index (κ2) is 8.01. The Hall–Kier alpha value is -1.58. The predicted octanol–water partition coefficient (Wildman–Crippen LogP) is 3.16. The molecule has 0 saturated heterocycles. The summed E-state index contributed by atoms with van der Waals surface area (Å²) < 4.78 is 0. The molecule has 0 aromatic heterocycles. The molecule has 0 radical (unpaired) electrons. The molecule has 3 heteroatoms. The third-order valence-corrected chi connectivity index (χ3v) is 3.79. The topological polar surface area (TPSA) is 40.5 Å². The van der Waals surface area contributed by atoms with E-state index in [0.29, 0.717) is 5.46 Å². The fraction of sp³-hybridized carbons (Fsp3) is 0.333. The summed E-state index contributed by atoms with van der Waals surface area (Å²) >= 11 is 0. The summed E-state index contributed by atoms with van der Waals surface area (Å²) in [7, 11) is -1.41. The molecule has 2 N–H and O–H groups in total. The molecule has 0 bridgehead atoms. The van der Waals surface area contributed by atoms with E-state index in [1.807, 2.05) is 18.2 Å². The molecule has 0 unspecified atom stereocenters. The van der Waals surface area contributed by atoms with Crippen LogP contribution < -0.4 is 5.46 Å². The Kier molecular flexibility index (Phi) is 6.03. The van der Waals surface area contributed by atoms with E-state index in [4.69, 9.17) is 0 Å². The molecule has 2 nitrogen and oxygen atoms in total. The van der Waals surface area contributed by atoms with Crippen molar-refractivity contribution in [3.05, 3.63) is 54.1 Å². The van der Waals surface area contributed by atoms with E-state index in [2.05, 4.69) is 31.2 Å². The second-order valence-electron chi connectivity index (χ2n) is 5.51. The minimum Gasteiger partial charge on any atom is -0.423 e. The van der Waals surface area contributed by atoms with Crippen molar-refractivity contribution in [3.8, 4) is 11.1 Å². The maximum absolute atomic E-state index is 9.24. The van der Waals surface area contributed by atoms with E-state index in [1.165, 1.54) is 31.2 Å². The van der Waals surface area contributed by atoms with Crippen molar-refractivity contribution in [1.82, 2.24) is 0 Å². The zero-order valence-electron chi connectivity index (χ0n) is 12.6. The molecule has 2 aromatic carbocycles. The summed E-state index contributed by atoms with van der Waals surface area (Å²) in [6.07, 6.45) is 6.27. The largest absolute Gasteiger partial charge is 0.488 e. The van der Waals surface area contributed by atoms with Crippen LogP contribution >= 0.6 is 0 Å². The number of aryl methyl sites for hydroxylation is 1. The van der Waals surface area contributed by atoms with E-state index in [1.54, 1.807) is 6.07 Å². The van der Waals surface area contributed by atoms with Crippen LogP contribution in [0.3, 0.4) is 0 Å². The molecule has 110 valence electrons. The first-order chi connectivity index (χ1) is 10.2. The van der Waals surface area contributed by atoms with Crippen LogP contribution in [0.2, 0.25) is 0 Å². The van der Waals surface area contributed by atoms with Gasteiger partial charge in [-0.25, -0.2) is 0 Å². The van der Waals surface area contributed by atoms with E-state index >= 15 is 0 Å². The van der Waals surface area contributed by atoms with Gasteiger partial charge in [0.2, 0.25) is 0 Å². The Morgan fingerprint density at radius 2 is 1.62 bits per heavy atom. The third kappa shape index (κ3) is 4.73. The number of rotatable bonds is 7. The molecular formula is C18H23BO2. The zero-order valence-corrected chi connectivity index (χ0v) is 12.6. The molecule has 2 aromatic rings. The van der Waals surface area contributed by atoms with Gasteiger partial charge in [-0.2, -0.15) is 0 Å². The van der Waals surface area contributed by atoms with Gasteiger partial charge in [0.15, 0.2) is 0 Å². The summed E-state index contributed by atoms with van der Waals surface area (Å²) in [5, 5.41) is 18.5. The van der Waals surface area contributed by atoms with Crippen molar-refractivity contribution in [2.45, 2.75) is 39.0 Å². The predicted molar refractivity (Wildman–Crippen MR) is 89.5 cm³/mol. The molecule has 0 fully saturated rings. The standard InChI is InChI=1S/C18H23BO2/c1-2-3-4-5-7-15-10-12-16(13-11-15)17-8-6-9-18(14-17)19(20)21/h6,8-14,20-21H,2-5,7H2,1H3. The monoisotopic (exact) mass is 282 g/mol. The summed E-state index contributed by atoms with van der Waals surface area (Å²) in [5.74, 6) is 0. The molecule has 0 aliphatic carbocycles. The van der Waals surface area contributed by atoms with Crippen LogP contribution in [0.4, 0.5) is 0 Å². The lowest BCUT2D eigenvalue weighted by atomic mass is 9.79. The van der Waals surface area contributed by atoms with Gasteiger partial charge in [0, 0.05) is 0 Å². The minimum absolute atomic E-state index is 0.524. The van der Waals surface area contributed by atoms with E-state index in [-0.39, 0.29) is 0 Å². The zero-order chi connectivity index (χ0) is 15.1. The summed E-state index contributed by atoms with van der Waals surface area (Å²) in [4.78, 5) is 0. The smallest absolute Gasteiger partial charge is 0.423 e. The molecule has 21 heavy (non-hydrogen) atoms. The van der Waals surface area contributed by atoms with E-state index in [9.17, 15) is 10.0 Å². The highest BCUT2D eigenvalue weighted by Gasteiger charge is 2.11. The van der Waals surface area contributed by atoms with Crippen LogP contribution in [-0.2, 0) is 6.42 Å². The summed E-state index contributed by atoms with van der Waals surface area (Å²) in [6.45, 7) is 2.23. The van der Waals surface area contributed by atoms with Crippen LogP contribution in [0, 0.1) is 0 Å². The maximum atomic E-state index is 9.24. The quantitative estimate of drug-likeness (QED) is 0.605. The van der Waals surface area contributed by atoms with Crippen LogP contribution in [0.25, 0.3) is 11.1 Å². The highest BCUT2D eigenvalue weighted by Crippen LogP contribution is 2.19. The molecule has 0 heterocycles. The van der Waals surface area contributed by atoms with Crippen molar-refractivity contribution in [3.63, 3.8) is 0 Å². The minimum atomic E-state index is -1.41. The molecule has 0 aliphatic heterocycles. The van der Waals surface area contributed by atoms with Gasteiger partial charge < -0.3 is 10.0 Å². The Balaban J connectivity index is 2.03. The summed E-state index contributed by atoms with van der Waals surface area (Å²) in [6, 6.07) is 15.9. The number of unbranched alkanes of at least 4 members (excludes halogenated alkanes) is 3. The Labute approximate surface area is 127 Å². The van der Waals surface area contributed by atoms with Crippen molar-refractivity contribution < 1.29 is 10.0 Å². The molecule has 0 saturated carbocycles. The lowest BCUT2D eigenvalue weighted by molar-refractivity contribution is 0.426. The fourth-order valence-electron chi connectivity index (χ4n) is 2.50. The van der Waals surface area contributed by atoms with Gasteiger partial charge in [0.25, 0.3) is 0 Å². The van der Waals surface area contributed by atoms with Gasteiger partial charge in [0.1, 0.15) is 0 Å². The molecule has 0 amide bonds. The Morgan fingerprint density at radius 1 is 0.857 bits per heavy atom. The van der Waals surface area contributed by atoms with Gasteiger partial charge in [-0.1, -0.05) is 74.7 Å². The fourth-order valence-corrected chi connectivity index (χ4v) is 2.50. The normalized spacial score (nSPS) is 10.6. The van der Waals surface area contributed by atoms with Gasteiger partial charge in [-0.05, 0) is 35.0 Å². The SMILES string of the molecule is CCCCCCc1ccc(-c2cccc(B(O)O)c2)cc1. The maximum Gasteiger partial charge on any atom is 0.488 e. The number of benzene rings is 2. The van der Waals surface area contributed by atoms with Gasteiger partial charge >= 0.3 is 7.12 Å². The van der Waals surface area contributed by atoms with Gasteiger partial charge in [0.05, 0.1) is 0 Å².